The summed E-state index contributed by atoms with van der Waals surface area (Å²) in [4.78, 5) is 0. The molecule has 0 radical (unpaired) electrons. The van der Waals surface area contributed by atoms with Gasteiger partial charge >= 0.3 is 0 Å². The van der Waals surface area contributed by atoms with Gasteiger partial charge in [0, 0.05) is 25.5 Å². The minimum Gasteiger partial charge on any atom is -0.286 e. The van der Waals surface area contributed by atoms with E-state index >= 15 is 0 Å². The Bertz CT molecular complexity index is 414. The topological polar surface area (TPSA) is 58.2 Å². The van der Waals surface area contributed by atoms with Crippen molar-refractivity contribution >= 4 is 10.1 Å². The average Bonchev–Trinajstić information content (AvgIpc) is 2.13. The van der Waals surface area contributed by atoms with Crippen molar-refractivity contribution < 1.29 is 17.5 Å². The maximum absolute atomic E-state index is 10.5. The predicted octanol–water partition coefficient (Wildman–Crippen LogP) is 0.951. The third-order valence-corrected chi connectivity index (χ3v) is 3.02. The van der Waals surface area contributed by atoms with Crippen LogP contribution in [0, 0.1) is 6.92 Å². The molecule has 0 aliphatic carbocycles. The monoisotopic (exact) mass is 230 g/mol. The molecule has 84 valence electrons. The Balaban J connectivity index is 2.36. The van der Waals surface area contributed by atoms with Crippen LogP contribution in [-0.2, 0) is 16.7 Å². The molecule has 1 N–H and O–H groups in total. The average molecular weight is 230 g/mol. The zero-order valence-corrected chi connectivity index (χ0v) is 9.57. The molecule has 0 fully saturated rings. The standard InChI is InChI=1S/C10H15NO3S/c1-10-6-2-3-7-11(10)8-4-5-9-15(12,13)14/h2-3,6-7H,4-5,8-9H2,1H3/p+1. The summed E-state index contributed by atoms with van der Waals surface area (Å²) in [7, 11) is -3.80. The molecule has 5 heteroatoms. The highest BCUT2D eigenvalue weighted by atomic mass is 32.2. The third kappa shape index (κ3) is 4.90. The van der Waals surface area contributed by atoms with Crippen LogP contribution in [0.15, 0.2) is 24.4 Å². The van der Waals surface area contributed by atoms with Gasteiger partial charge in [-0.1, -0.05) is 6.07 Å². The number of aryl methyl sites for hydroxylation is 2. The molecule has 1 heterocycles. The van der Waals surface area contributed by atoms with E-state index in [1.165, 1.54) is 0 Å². The van der Waals surface area contributed by atoms with Crippen molar-refractivity contribution in [1.82, 2.24) is 0 Å². The van der Waals surface area contributed by atoms with Gasteiger partial charge in [0.05, 0.1) is 5.75 Å². The molecule has 1 rings (SSSR count). The molecule has 0 aromatic carbocycles. The smallest absolute Gasteiger partial charge is 0.264 e. The fourth-order valence-corrected chi connectivity index (χ4v) is 1.95. The lowest BCUT2D eigenvalue weighted by atomic mass is 10.3. The maximum Gasteiger partial charge on any atom is 0.264 e. The molecule has 1 aromatic heterocycles. The molecule has 0 saturated heterocycles. The Morgan fingerprint density at radius 2 is 2.07 bits per heavy atom. The van der Waals surface area contributed by atoms with Gasteiger partial charge in [-0.25, -0.2) is 4.57 Å². The molecular weight excluding hydrogens is 214 g/mol. The minimum atomic E-state index is -3.80. The lowest BCUT2D eigenvalue weighted by Gasteiger charge is -1.99. The molecule has 0 saturated carbocycles. The van der Waals surface area contributed by atoms with Crippen LogP contribution >= 0.6 is 0 Å². The summed E-state index contributed by atoms with van der Waals surface area (Å²) < 4.78 is 31.5. The highest BCUT2D eigenvalue weighted by Crippen LogP contribution is 1.95. The van der Waals surface area contributed by atoms with Gasteiger partial charge in [0.15, 0.2) is 11.9 Å². The van der Waals surface area contributed by atoms with Gasteiger partial charge in [-0.15, -0.1) is 0 Å². The second-order valence-corrected chi connectivity index (χ2v) is 5.10. The first-order valence-corrected chi connectivity index (χ1v) is 6.50. The molecule has 0 atom stereocenters. The summed E-state index contributed by atoms with van der Waals surface area (Å²) in [5.41, 5.74) is 1.14. The van der Waals surface area contributed by atoms with Crippen LogP contribution in [0.3, 0.4) is 0 Å². The third-order valence-electron chi connectivity index (χ3n) is 2.22. The first kappa shape index (κ1) is 12.1. The summed E-state index contributed by atoms with van der Waals surface area (Å²) in [5, 5.41) is 0. The Morgan fingerprint density at radius 3 is 2.67 bits per heavy atom. The van der Waals surface area contributed by atoms with Crippen molar-refractivity contribution in [2.75, 3.05) is 5.75 Å². The van der Waals surface area contributed by atoms with E-state index in [0.717, 1.165) is 18.7 Å². The van der Waals surface area contributed by atoms with E-state index in [4.69, 9.17) is 4.55 Å². The summed E-state index contributed by atoms with van der Waals surface area (Å²) in [5.74, 6) is -0.153. The Kier molecular flexibility index (Phi) is 4.23. The van der Waals surface area contributed by atoms with Crippen LogP contribution < -0.4 is 4.57 Å². The number of aromatic nitrogens is 1. The van der Waals surface area contributed by atoms with Gasteiger partial charge in [0.1, 0.15) is 6.54 Å². The van der Waals surface area contributed by atoms with E-state index in [1.807, 2.05) is 31.3 Å². The molecule has 0 amide bonds. The van der Waals surface area contributed by atoms with Crippen LogP contribution in [0.5, 0.6) is 0 Å². The van der Waals surface area contributed by atoms with Gasteiger partial charge in [-0.05, 0) is 6.42 Å². The van der Waals surface area contributed by atoms with E-state index in [1.54, 1.807) is 0 Å². The number of pyridine rings is 1. The Morgan fingerprint density at radius 1 is 1.33 bits per heavy atom. The van der Waals surface area contributed by atoms with Crippen molar-refractivity contribution in [2.24, 2.45) is 0 Å². The van der Waals surface area contributed by atoms with E-state index in [-0.39, 0.29) is 5.75 Å². The summed E-state index contributed by atoms with van der Waals surface area (Å²) in [6.07, 6.45) is 3.19. The van der Waals surface area contributed by atoms with Crippen molar-refractivity contribution in [3.8, 4) is 0 Å². The van der Waals surface area contributed by atoms with Crippen LogP contribution in [0.2, 0.25) is 0 Å². The zero-order valence-electron chi connectivity index (χ0n) is 8.76. The zero-order chi connectivity index (χ0) is 11.3. The number of unbranched alkanes of at least 4 members (excludes halogenated alkanes) is 1. The number of rotatable bonds is 5. The van der Waals surface area contributed by atoms with Crippen molar-refractivity contribution in [3.63, 3.8) is 0 Å². The molecule has 4 nitrogen and oxygen atoms in total. The first-order chi connectivity index (χ1) is 6.99. The fourth-order valence-electron chi connectivity index (χ4n) is 1.38. The highest BCUT2D eigenvalue weighted by Gasteiger charge is 2.07. The van der Waals surface area contributed by atoms with Crippen molar-refractivity contribution in [1.29, 1.82) is 0 Å². The van der Waals surface area contributed by atoms with E-state index < -0.39 is 10.1 Å². The van der Waals surface area contributed by atoms with E-state index in [2.05, 4.69) is 4.57 Å². The van der Waals surface area contributed by atoms with Gasteiger partial charge < -0.3 is 0 Å². The van der Waals surface area contributed by atoms with Crippen LogP contribution in [0.25, 0.3) is 0 Å². The molecule has 0 spiro atoms. The van der Waals surface area contributed by atoms with Crippen LogP contribution in [-0.4, -0.2) is 18.7 Å². The predicted molar refractivity (Wildman–Crippen MR) is 57.0 cm³/mol. The number of hydrogen-bond acceptors (Lipinski definition) is 2. The highest BCUT2D eigenvalue weighted by molar-refractivity contribution is 7.85. The maximum atomic E-state index is 10.5. The normalized spacial score (nSPS) is 11.6. The van der Waals surface area contributed by atoms with E-state index in [0.29, 0.717) is 6.42 Å². The second-order valence-electron chi connectivity index (χ2n) is 3.53. The van der Waals surface area contributed by atoms with Crippen molar-refractivity contribution in [3.05, 3.63) is 30.1 Å². The molecule has 0 aliphatic heterocycles. The fraction of sp³-hybridized carbons (Fsp3) is 0.500. The van der Waals surface area contributed by atoms with Crippen LogP contribution in [0.4, 0.5) is 0 Å². The Hall–Kier alpha value is -0.940. The molecule has 15 heavy (non-hydrogen) atoms. The molecular formula is C10H16NO3S+. The number of nitrogens with zero attached hydrogens (tertiary/aromatic N) is 1. The summed E-state index contributed by atoms with van der Waals surface area (Å²) in [6, 6.07) is 5.91. The molecule has 1 aromatic rings. The molecule has 0 bridgehead atoms. The minimum absolute atomic E-state index is 0.153. The SMILES string of the molecule is Cc1cccc[n+]1CCCCS(=O)(=O)O. The largest absolute Gasteiger partial charge is 0.286 e. The lowest BCUT2D eigenvalue weighted by Crippen LogP contribution is -2.36. The van der Waals surface area contributed by atoms with Gasteiger partial charge in [-0.2, -0.15) is 8.42 Å². The molecule has 0 aliphatic rings. The first-order valence-electron chi connectivity index (χ1n) is 4.89. The van der Waals surface area contributed by atoms with E-state index in [9.17, 15) is 8.42 Å². The summed E-state index contributed by atoms with van der Waals surface area (Å²) >= 11 is 0. The Labute approximate surface area is 90.3 Å². The van der Waals surface area contributed by atoms with Crippen LogP contribution in [0.1, 0.15) is 18.5 Å². The summed E-state index contributed by atoms with van der Waals surface area (Å²) in [6.45, 7) is 2.78. The lowest BCUT2D eigenvalue weighted by molar-refractivity contribution is -0.703. The van der Waals surface area contributed by atoms with Gasteiger partial charge in [0.2, 0.25) is 0 Å². The van der Waals surface area contributed by atoms with Gasteiger partial charge in [-0.3, -0.25) is 4.55 Å². The quantitative estimate of drug-likeness (QED) is 0.465. The molecule has 0 unspecified atom stereocenters. The number of hydrogen-bond donors (Lipinski definition) is 1. The van der Waals surface area contributed by atoms with Crippen molar-refractivity contribution in [2.45, 2.75) is 26.3 Å². The second kappa shape index (κ2) is 5.23. The van der Waals surface area contributed by atoms with Gasteiger partial charge in [0.25, 0.3) is 10.1 Å².